The Morgan fingerprint density at radius 2 is 2.00 bits per heavy atom. The van der Waals surface area contributed by atoms with Crippen LogP contribution in [0.15, 0.2) is 67.4 Å². The maximum atomic E-state index is 11.9. The molecule has 0 aliphatic rings. The topological polar surface area (TPSA) is 60.9 Å². The van der Waals surface area contributed by atoms with Crippen molar-refractivity contribution in [2.45, 2.75) is 10.9 Å². The number of benzene rings is 2. The molecule has 0 N–H and O–H groups in total. The van der Waals surface area contributed by atoms with Crippen LogP contribution in [-0.2, 0) is 12.8 Å². The van der Waals surface area contributed by atoms with Gasteiger partial charge in [0.05, 0.1) is 5.02 Å². The zero-order chi connectivity index (χ0) is 19.0. The summed E-state index contributed by atoms with van der Waals surface area (Å²) in [6.45, 7) is 0. The van der Waals surface area contributed by atoms with Crippen molar-refractivity contribution in [2.24, 2.45) is 7.05 Å². The maximum Gasteiger partial charge on any atom is 0.336 e. The van der Waals surface area contributed by atoms with E-state index in [1.165, 1.54) is 17.8 Å². The summed E-state index contributed by atoms with van der Waals surface area (Å²) in [5.74, 6) is 1.27. The van der Waals surface area contributed by atoms with E-state index in [4.69, 9.17) is 16.0 Å². The van der Waals surface area contributed by atoms with Crippen LogP contribution in [0.2, 0.25) is 5.02 Å². The largest absolute Gasteiger partial charge is 0.423 e. The van der Waals surface area contributed by atoms with Crippen LogP contribution in [-0.4, -0.2) is 14.8 Å². The standard InChI is InChI=1S/C19H13BrClN3O2S/c1-24-18(14-4-2-3-5-15(14)21)22-23-19(24)27-10-11-8-17(25)26-16-9-12(20)6-7-13(11)16/h2-9H,10H2,1H3. The van der Waals surface area contributed by atoms with Crippen LogP contribution in [0.5, 0.6) is 0 Å². The highest BCUT2D eigenvalue weighted by molar-refractivity contribution is 9.10. The minimum Gasteiger partial charge on any atom is -0.423 e. The smallest absolute Gasteiger partial charge is 0.336 e. The fraction of sp³-hybridized carbons (Fsp3) is 0.105. The number of rotatable bonds is 4. The van der Waals surface area contributed by atoms with Gasteiger partial charge in [-0.3, -0.25) is 0 Å². The Hall–Kier alpha value is -2.09. The quantitative estimate of drug-likeness (QED) is 0.304. The molecule has 0 atom stereocenters. The fourth-order valence-corrected chi connectivity index (χ4v) is 4.25. The van der Waals surface area contributed by atoms with Gasteiger partial charge in [-0.05, 0) is 35.9 Å². The van der Waals surface area contributed by atoms with E-state index in [9.17, 15) is 4.79 Å². The van der Waals surface area contributed by atoms with Gasteiger partial charge in [0, 0.05) is 34.3 Å². The number of hydrogen-bond acceptors (Lipinski definition) is 5. The van der Waals surface area contributed by atoms with E-state index >= 15 is 0 Å². The minimum atomic E-state index is -0.370. The van der Waals surface area contributed by atoms with E-state index in [-0.39, 0.29) is 5.63 Å². The second-order valence-electron chi connectivity index (χ2n) is 5.86. The zero-order valence-electron chi connectivity index (χ0n) is 14.1. The molecule has 2 aromatic heterocycles. The summed E-state index contributed by atoms with van der Waals surface area (Å²) >= 11 is 11.2. The molecule has 0 spiro atoms. The van der Waals surface area contributed by atoms with Crippen molar-refractivity contribution in [3.63, 3.8) is 0 Å². The number of aromatic nitrogens is 3. The highest BCUT2D eigenvalue weighted by Crippen LogP contribution is 2.31. The molecule has 8 heteroatoms. The van der Waals surface area contributed by atoms with Crippen molar-refractivity contribution >= 4 is 50.3 Å². The lowest BCUT2D eigenvalue weighted by Gasteiger charge is -2.07. The molecular weight excluding hydrogens is 450 g/mol. The molecule has 2 aromatic carbocycles. The van der Waals surface area contributed by atoms with Crippen LogP contribution < -0.4 is 5.63 Å². The SMILES string of the molecule is Cn1c(SCc2cc(=O)oc3cc(Br)ccc23)nnc1-c1ccccc1Cl. The molecule has 4 aromatic rings. The van der Waals surface area contributed by atoms with Gasteiger partial charge in [0.25, 0.3) is 0 Å². The van der Waals surface area contributed by atoms with E-state index in [1.54, 1.807) is 6.07 Å². The monoisotopic (exact) mass is 461 g/mol. The van der Waals surface area contributed by atoms with Gasteiger partial charge in [0.1, 0.15) is 5.58 Å². The predicted molar refractivity (Wildman–Crippen MR) is 111 cm³/mol. The first-order valence-corrected chi connectivity index (χ1v) is 10.2. The van der Waals surface area contributed by atoms with Gasteiger partial charge in [-0.25, -0.2) is 4.79 Å². The van der Waals surface area contributed by atoms with Crippen molar-refractivity contribution in [1.29, 1.82) is 0 Å². The first-order chi connectivity index (χ1) is 13.0. The fourth-order valence-electron chi connectivity index (χ4n) is 2.78. The summed E-state index contributed by atoms with van der Waals surface area (Å²) in [5.41, 5.74) is 1.91. The van der Waals surface area contributed by atoms with Gasteiger partial charge >= 0.3 is 5.63 Å². The minimum absolute atomic E-state index is 0.370. The highest BCUT2D eigenvalue weighted by atomic mass is 79.9. The summed E-state index contributed by atoms with van der Waals surface area (Å²) in [6.07, 6.45) is 0. The molecule has 0 radical (unpaired) electrons. The van der Waals surface area contributed by atoms with Crippen LogP contribution in [0.4, 0.5) is 0 Å². The van der Waals surface area contributed by atoms with E-state index < -0.39 is 0 Å². The van der Waals surface area contributed by atoms with Crippen LogP contribution in [0.25, 0.3) is 22.4 Å². The van der Waals surface area contributed by atoms with Gasteiger partial charge < -0.3 is 8.98 Å². The molecule has 136 valence electrons. The van der Waals surface area contributed by atoms with Gasteiger partial charge in [-0.1, -0.05) is 51.4 Å². The average Bonchev–Trinajstić information content (AvgIpc) is 3.00. The molecular formula is C19H13BrClN3O2S. The predicted octanol–water partition coefficient (Wildman–Crippen LogP) is 5.30. The molecule has 0 saturated carbocycles. The van der Waals surface area contributed by atoms with Crippen LogP contribution in [0, 0.1) is 0 Å². The van der Waals surface area contributed by atoms with E-state index in [0.717, 1.165) is 26.1 Å². The first kappa shape index (κ1) is 18.3. The summed E-state index contributed by atoms with van der Waals surface area (Å²) in [6, 6.07) is 14.7. The van der Waals surface area contributed by atoms with Crippen molar-refractivity contribution in [3.05, 3.63) is 74.0 Å². The lowest BCUT2D eigenvalue weighted by Crippen LogP contribution is -2.00. The molecule has 2 heterocycles. The summed E-state index contributed by atoms with van der Waals surface area (Å²) in [5, 5.41) is 10.8. The molecule has 0 fully saturated rings. The van der Waals surface area contributed by atoms with Crippen molar-refractivity contribution < 1.29 is 4.42 Å². The number of hydrogen-bond donors (Lipinski definition) is 0. The normalized spacial score (nSPS) is 11.2. The van der Waals surface area contributed by atoms with Gasteiger partial charge in [-0.15, -0.1) is 10.2 Å². The van der Waals surface area contributed by atoms with Crippen LogP contribution in [0.1, 0.15) is 5.56 Å². The molecule has 27 heavy (non-hydrogen) atoms. The first-order valence-electron chi connectivity index (χ1n) is 8.02. The molecule has 0 saturated heterocycles. The number of nitrogens with zero attached hydrogens (tertiary/aromatic N) is 3. The van der Waals surface area contributed by atoms with E-state index in [2.05, 4.69) is 26.1 Å². The van der Waals surface area contributed by atoms with Gasteiger partial charge in [0.2, 0.25) is 0 Å². The van der Waals surface area contributed by atoms with Gasteiger partial charge in [0.15, 0.2) is 11.0 Å². The second kappa shape index (κ2) is 7.50. The number of thioether (sulfide) groups is 1. The van der Waals surface area contributed by atoms with Crippen LogP contribution >= 0.6 is 39.3 Å². The van der Waals surface area contributed by atoms with E-state index in [0.29, 0.717) is 22.2 Å². The Morgan fingerprint density at radius 3 is 2.81 bits per heavy atom. The Labute approximate surface area is 172 Å². The summed E-state index contributed by atoms with van der Waals surface area (Å²) in [7, 11) is 1.90. The number of fused-ring (bicyclic) bond motifs is 1. The molecule has 0 unspecified atom stereocenters. The van der Waals surface area contributed by atoms with Gasteiger partial charge in [-0.2, -0.15) is 0 Å². The molecule has 5 nitrogen and oxygen atoms in total. The second-order valence-corrected chi connectivity index (χ2v) is 8.13. The molecule has 0 bridgehead atoms. The van der Waals surface area contributed by atoms with Crippen molar-refractivity contribution in [3.8, 4) is 11.4 Å². The molecule has 0 amide bonds. The Morgan fingerprint density at radius 1 is 1.19 bits per heavy atom. The third kappa shape index (κ3) is 3.67. The van der Waals surface area contributed by atoms with Crippen LogP contribution in [0.3, 0.4) is 0 Å². The highest BCUT2D eigenvalue weighted by Gasteiger charge is 2.15. The Kier molecular flexibility index (Phi) is 5.08. The average molecular weight is 463 g/mol. The molecule has 0 aliphatic carbocycles. The number of halogens is 2. The zero-order valence-corrected chi connectivity index (χ0v) is 17.3. The van der Waals surface area contributed by atoms with Crippen molar-refractivity contribution in [2.75, 3.05) is 0 Å². The lowest BCUT2D eigenvalue weighted by atomic mass is 10.1. The molecule has 4 rings (SSSR count). The van der Waals surface area contributed by atoms with Crippen molar-refractivity contribution in [1.82, 2.24) is 14.8 Å². The third-order valence-electron chi connectivity index (χ3n) is 4.10. The Bertz CT molecular complexity index is 1210. The Balaban J connectivity index is 1.65. The summed E-state index contributed by atoms with van der Waals surface area (Å²) < 4.78 is 8.05. The molecule has 0 aliphatic heterocycles. The maximum absolute atomic E-state index is 11.9. The third-order valence-corrected chi connectivity index (χ3v) is 5.99. The lowest BCUT2D eigenvalue weighted by molar-refractivity contribution is 0.559. The summed E-state index contributed by atoms with van der Waals surface area (Å²) in [4.78, 5) is 11.9. The van der Waals surface area contributed by atoms with E-state index in [1.807, 2.05) is 48.0 Å².